The Labute approximate surface area is 163 Å². The normalized spacial score (nSPS) is 10.3. The summed E-state index contributed by atoms with van der Waals surface area (Å²) >= 11 is 0. The van der Waals surface area contributed by atoms with Crippen LogP contribution in [0, 0.1) is 13.8 Å². The molecular weight excluding hydrogens is 356 g/mol. The summed E-state index contributed by atoms with van der Waals surface area (Å²) in [5.41, 5.74) is 2.82. The van der Waals surface area contributed by atoms with Crippen molar-refractivity contribution >= 4 is 23.1 Å². The van der Waals surface area contributed by atoms with Crippen molar-refractivity contribution in [1.82, 2.24) is 9.97 Å². The number of aromatic nitrogens is 2. The van der Waals surface area contributed by atoms with Gasteiger partial charge in [0.1, 0.15) is 28.8 Å². The van der Waals surface area contributed by atoms with Crippen molar-refractivity contribution in [1.29, 1.82) is 0 Å². The van der Waals surface area contributed by atoms with Gasteiger partial charge < -0.3 is 20.1 Å². The Balaban J connectivity index is 1.82. The van der Waals surface area contributed by atoms with E-state index in [4.69, 9.17) is 9.47 Å². The number of rotatable bonds is 6. The van der Waals surface area contributed by atoms with Crippen molar-refractivity contribution < 1.29 is 14.3 Å². The molecule has 7 heteroatoms. The highest BCUT2D eigenvalue weighted by atomic mass is 16.5. The fourth-order valence-corrected chi connectivity index (χ4v) is 2.62. The number of hydrogen-bond acceptors (Lipinski definition) is 6. The Morgan fingerprint density at radius 2 is 1.68 bits per heavy atom. The van der Waals surface area contributed by atoms with Crippen molar-refractivity contribution in [3.8, 4) is 11.5 Å². The molecule has 3 rings (SSSR count). The van der Waals surface area contributed by atoms with Crippen LogP contribution in [0.3, 0.4) is 0 Å². The van der Waals surface area contributed by atoms with Crippen LogP contribution in [0.4, 0.5) is 17.2 Å². The summed E-state index contributed by atoms with van der Waals surface area (Å²) in [5, 5.41) is 6.01. The van der Waals surface area contributed by atoms with E-state index in [1.807, 2.05) is 31.2 Å². The molecule has 0 unspecified atom stereocenters. The maximum atomic E-state index is 12.7. The maximum Gasteiger partial charge on any atom is 0.274 e. The SMILES string of the molecule is COc1ccc(NC(=O)c2cc(Nc3ccc(C)cc3)nc(C)n2)c(OC)c1. The van der Waals surface area contributed by atoms with E-state index in [-0.39, 0.29) is 11.6 Å². The molecule has 0 radical (unpaired) electrons. The summed E-state index contributed by atoms with van der Waals surface area (Å²) < 4.78 is 10.5. The lowest BCUT2D eigenvalue weighted by Gasteiger charge is -2.12. The highest BCUT2D eigenvalue weighted by Crippen LogP contribution is 2.29. The lowest BCUT2D eigenvalue weighted by Crippen LogP contribution is -2.16. The number of carbonyl (C=O) groups is 1. The highest BCUT2D eigenvalue weighted by molar-refractivity contribution is 6.04. The first-order valence-electron chi connectivity index (χ1n) is 8.71. The van der Waals surface area contributed by atoms with Crippen LogP contribution in [0.5, 0.6) is 11.5 Å². The molecule has 3 aromatic rings. The minimum atomic E-state index is -0.360. The second kappa shape index (κ2) is 8.39. The molecule has 0 bridgehead atoms. The van der Waals surface area contributed by atoms with Gasteiger partial charge in [0.25, 0.3) is 5.91 Å². The number of anilines is 3. The molecule has 1 amide bonds. The number of ether oxygens (including phenoxy) is 2. The van der Waals surface area contributed by atoms with Crippen molar-refractivity contribution in [3.63, 3.8) is 0 Å². The molecule has 28 heavy (non-hydrogen) atoms. The monoisotopic (exact) mass is 378 g/mol. The van der Waals surface area contributed by atoms with E-state index in [1.54, 1.807) is 38.3 Å². The Hall–Kier alpha value is -3.61. The van der Waals surface area contributed by atoms with E-state index in [2.05, 4.69) is 20.6 Å². The van der Waals surface area contributed by atoms with Crippen molar-refractivity contribution in [2.45, 2.75) is 13.8 Å². The summed E-state index contributed by atoms with van der Waals surface area (Å²) in [5.74, 6) is 1.81. The van der Waals surface area contributed by atoms with Gasteiger partial charge in [-0.3, -0.25) is 4.79 Å². The van der Waals surface area contributed by atoms with E-state index in [1.165, 1.54) is 7.11 Å². The quantitative estimate of drug-likeness (QED) is 0.671. The van der Waals surface area contributed by atoms with Crippen molar-refractivity contribution in [2.75, 3.05) is 24.9 Å². The van der Waals surface area contributed by atoms with E-state index in [0.29, 0.717) is 28.8 Å². The van der Waals surface area contributed by atoms with Crippen LogP contribution in [-0.2, 0) is 0 Å². The molecule has 0 fully saturated rings. The average Bonchev–Trinajstić information content (AvgIpc) is 2.69. The number of benzene rings is 2. The molecule has 2 aromatic carbocycles. The van der Waals surface area contributed by atoms with E-state index in [9.17, 15) is 4.79 Å². The summed E-state index contributed by atoms with van der Waals surface area (Å²) in [6.45, 7) is 3.76. The molecule has 2 N–H and O–H groups in total. The van der Waals surface area contributed by atoms with Crippen LogP contribution in [0.15, 0.2) is 48.5 Å². The van der Waals surface area contributed by atoms with Gasteiger partial charge in [-0.05, 0) is 38.1 Å². The van der Waals surface area contributed by atoms with E-state index in [0.717, 1.165) is 11.3 Å². The molecule has 0 spiro atoms. The van der Waals surface area contributed by atoms with Gasteiger partial charge in [0.15, 0.2) is 0 Å². The zero-order valence-electron chi connectivity index (χ0n) is 16.2. The van der Waals surface area contributed by atoms with Crippen LogP contribution in [-0.4, -0.2) is 30.1 Å². The first-order chi connectivity index (χ1) is 13.5. The molecule has 0 saturated heterocycles. The van der Waals surface area contributed by atoms with Gasteiger partial charge in [-0.25, -0.2) is 9.97 Å². The Morgan fingerprint density at radius 3 is 2.36 bits per heavy atom. The Bertz CT molecular complexity index is 987. The smallest absolute Gasteiger partial charge is 0.274 e. The molecule has 0 aliphatic heterocycles. The molecule has 0 aliphatic carbocycles. The minimum Gasteiger partial charge on any atom is -0.497 e. The number of nitrogens with zero attached hydrogens (tertiary/aromatic N) is 2. The van der Waals surface area contributed by atoms with Gasteiger partial charge in [-0.15, -0.1) is 0 Å². The summed E-state index contributed by atoms with van der Waals surface area (Å²) in [7, 11) is 3.10. The fourth-order valence-electron chi connectivity index (χ4n) is 2.62. The van der Waals surface area contributed by atoms with Crippen LogP contribution in [0.2, 0.25) is 0 Å². The van der Waals surface area contributed by atoms with Gasteiger partial charge in [0, 0.05) is 17.8 Å². The Kier molecular flexibility index (Phi) is 5.74. The third kappa shape index (κ3) is 4.56. The Morgan fingerprint density at radius 1 is 0.929 bits per heavy atom. The molecule has 0 atom stereocenters. The highest BCUT2D eigenvalue weighted by Gasteiger charge is 2.14. The van der Waals surface area contributed by atoms with Crippen molar-refractivity contribution in [2.24, 2.45) is 0 Å². The van der Waals surface area contributed by atoms with Crippen LogP contribution in [0.1, 0.15) is 21.9 Å². The third-order valence-corrected chi connectivity index (χ3v) is 4.05. The summed E-state index contributed by atoms with van der Waals surface area (Å²) in [6, 6.07) is 14.7. The molecule has 1 aromatic heterocycles. The van der Waals surface area contributed by atoms with Crippen molar-refractivity contribution in [3.05, 3.63) is 65.6 Å². The van der Waals surface area contributed by atoms with Crippen LogP contribution >= 0.6 is 0 Å². The third-order valence-electron chi connectivity index (χ3n) is 4.05. The maximum absolute atomic E-state index is 12.7. The summed E-state index contributed by atoms with van der Waals surface area (Å²) in [6.07, 6.45) is 0. The van der Waals surface area contributed by atoms with Crippen LogP contribution < -0.4 is 20.1 Å². The first kappa shape index (κ1) is 19.2. The lowest BCUT2D eigenvalue weighted by atomic mass is 10.2. The second-order valence-corrected chi connectivity index (χ2v) is 6.20. The molecule has 144 valence electrons. The zero-order valence-corrected chi connectivity index (χ0v) is 16.2. The molecule has 1 heterocycles. The summed E-state index contributed by atoms with van der Waals surface area (Å²) in [4.78, 5) is 21.3. The standard InChI is InChI=1S/C21H22N4O3/c1-13-5-7-15(8-6-13)24-20-12-18(22-14(2)23-20)21(26)25-17-10-9-16(27-3)11-19(17)28-4/h5-12H,1-4H3,(H,25,26)(H,22,23,24). The average molecular weight is 378 g/mol. The molecule has 7 nitrogen and oxygen atoms in total. The lowest BCUT2D eigenvalue weighted by molar-refractivity contribution is 0.102. The van der Waals surface area contributed by atoms with Gasteiger partial charge in [-0.2, -0.15) is 0 Å². The van der Waals surface area contributed by atoms with E-state index >= 15 is 0 Å². The topological polar surface area (TPSA) is 85.4 Å². The van der Waals surface area contributed by atoms with E-state index < -0.39 is 0 Å². The first-order valence-corrected chi connectivity index (χ1v) is 8.71. The minimum absolute atomic E-state index is 0.250. The number of methoxy groups -OCH3 is 2. The number of amides is 1. The van der Waals surface area contributed by atoms with Gasteiger partial charge >= 0.3 is 0 Å². The molecular formula is C21H22N4O3. The second-order valence-electron chi connectivity index (χ2n) is 6.20. The van der Waals surface area contributed by atoms with Gasteiger partial charge in [0.05, 0.1) is 19.9 Å². The van der Waals surface area contributed by atoms with Gasteiger partial charge in [-0.1, -0.05) is 17.7 Å². The molecule has 0 saturated carbocycles. The molecule has 0 aliphatic rings. The zero-order chi connectivity index (χ0) is 20.1. The number of carbonyl (C=O) groups excluding carboxylic acids is 1. The number of nitrogens with one attached hydrogen (secondary N) is 2. The predicted molar refractivity (Wildman–Crippen MR) is 109 cm³/mol. The van der Waals surface area contributed by atoms with Crippen LogP contribution in [0.25, 0.3) is 0 Å². The number of aryl methyl sites for hydroxylation is 2. The largest absolute Gasteiger partial charge is 0.497 e. The van der Waals surface area contributed by atoms with Gasteiger partial charge in [0.2, 0.25) is 0 Å². The predicted octanol–water partition coefficient (Wildman–Crippen LogP) is 4.11. The number of hydrogen-bond donors (Lipinski definition) is 2. The fraction of sp³-hybridized carbons (Fsp3) is 0.190.